The summed E-state index contributed by atoms with van der Waals surface area (Å²) in [6.07, 6.45) is 3.79. The summed E-state index contributed by atoms with van der Waals surface area (Å²) in [7, 11) is 0. The Hall–Kier alpha value is -1.25. The van der Waals surface area contributed by atoms with Gasteiger partial charge in [-0.25, -0.2) is 4.79 Å². The number of carbonyl (C=O) groups is 1. The lowest BCUT2D eigenvalue weighted by Gasteiger charge is -2.19. The number of nitrogens with one attached hydrogen (secondary N) is 1. The van der Waals surface area contributed by atoms with Gasteiger partial charge in [0.1, 0.15) is 0 Å². The summed E-state index contributed by atoms with van der Waals surface area (Å²) in [6.45, 7) is 6.09. The molecule has 0 aliphatic carbocycles. The topological polar surface area (TPSA) is 38.3 Å². The molecule has 1 aliphatic rings. The zero-order valence-corrected chi connectivity index (χ0v) is 8.26. The van der Waals surface area contributed by atoms with Crippen LogP contribution in [0, 0.1) is 5.92 Å². The predicted molar refractivity (Wildman–Crippen MR) is 50.8 cm³/mol. The summed E-state index contributed by atoms with van der Waals surface area (Å²) >= 11 is 0. The van der Waals surface area contributed by atoms with Gasteiger partial charge >= 0.3 is 5.97 Å². The Morgan fingerprint density at radius 3 is 2.92 bits per heavy atom. The number of ether oxygens (including phenoxy) is 1. The number of dihydropyridines is 1. The van der Waals surface area contributed by atoms with Gasteiger partial charge in [-0.1, -0.05) is 13.0 Å². The minimum absolute atomic E-state index is 0.139. The molecule has 0 amide bonds. The van der Waals surface area contributed by atoms with Crippen molar-refractivity contribution < 1.29 is 9.53 Å². The molecule has 1 atom stereocenters. The summed E-state index contributed by atoms with van der Waals surface area (Å²) in [5.41, 5.74) is 1.61. The van der Waals surface area contributed by atoms with E-state index in [9.17, 15) is 4.79 Å². The van der Waals surface area contributed by atoms with Crippen molar-refractivity contribution in [3.8, 4) is 0 Å². The van der Waals surface area contributed by atoms with E-state index in [1.807, 2.05) is 33.0 Å². The Balaban J connectivity index is 2.81. The fourth-order valence-corrected chi connectivity index (χ4v) is 1.38. The van der Waals surface area contributed by atoms with Gasteiger partial charge in [-0.2, -0.15) is 0 Å². The lowest BCUT2D eigenvalue weighted by molar-refractivity contribution is -0.139. The van der Waals surface area contributed by atoms with Crippen LogP contribution in [0.1, 0.15) is 20.8 Å². The first-order valence-corrected chi connectivity index (χ1v) is 4.48. The molecule has 0 aromatic heterocycles. The molecule has 0 aromatic carbocycles. The highest BCUT2D eigenvalue weighted by Crippen LogP contribution is 2.20. The molecule has 1 aliphatic heterocycles. The smallest absolute Gasteiger partial charge is 0.336 e. The molecule has 1 rings (SSSR count). The van der Waals surface area contributed by atoms with Crippen LogP contribution in [0.3, 0.4) is 0 Å². The summed E-state index contributed by atoms with van der Waals surface area (Å²) in [5, 5.41) is 3.00. The highest BCUT2D eigenvalue weighted by atomic mass is 16.5. The first kappa shape index (κ1) is 9.84. The minimum atomic E-state index is -0.218. The lowest BCUT2D eigenvalue weighted by atomic mass is 9.97. The maximum Gasteiger partial charge on any atom is 0.336 e. The molecule has 72 valence electrons. The molecular formula is C10H15NO2. The van der Waals surface area contributed by atoms with E-state index < -0.39 is 0 Å². The van der Waals surface area contributed by atoms with Gasteiger partial charge in [-0.15, -0.1) is 0 Å². The van der Waals surface area contributed by atoms with Crippen molar-refractivity contribution in [1.29, 1.82) is 0 Å². The lowest BCUT2D eigenvalue weighted by Crippen LogP contribution is -2.22. The number of rotatable bonds is 2. The van der Waals surface area contributed by atoms with Crippen molar-refractivity contribution in [2.45, 2.75) is 20.8 Å². The Morgan fingerprint density at radius 1 is 1.69 bits per heavy atom. The minimum Gasteiger partial charge on any atom is -0.463 e. The van der Waals surface area contributed by atoms with Crippen molar-refractivity contribution in [3.63, 3.8) is 0 Å². The van der Waals surface area contributed by atoms with Crippen LogP contribution in [0.4, 0.5) is 0 Å². The van der Waals surface area contributed by atoms with Gasteiger partial charge in [-0.05, 0) is 20.0 Å². The molecule has 0 radical (unpaired) electrons. The maximum absolute atomic E-state index is 11.5. The van der Waals surface area contributed by atoms with Gasteiger partial charge in [0.15, 0.2) is 0 Å². The molecule has 0 aromatic rings. The second-order valence-corrected chi connectivity index (χ2v) is 3.05. The number of esters is 1. The molecule has 0 unspecified atom stereocenters. The van der Waals surface area contributed by atoms with E-state index in [2.05, 4.69) is 5.32 Å². The molecular weight excluding hydrogens is 166 g/mol. The average molecular weight is 181 g/mol. The number of allylic oxidation sites excluding steroid dienone is 2. The van der Waals surface area contributed by atoms with E-state index in [1.165, 1.54) is 0 Å². The average Bonchev–Trinajstić information content (AvgIpc) is 2.04. The van der Waals surface area contributed by atoms with Crippen LogP contribution in [0.25, 0.3) is 0 Å². The van der Waals surface area contributed by atoms with Crippen LogP contribution >= 0.6 is 0 Å². The largest absolute Gasteiger partial charge is 0.463 e. The second kappa shape index (κ2) is 4.12. The first-order chi connectivity index (χ1) is 6.16. The fraction of sp³-hybridized carbons (Fsp3) is 0.500. The molecule has 0 bridgehead atoms. The molecule has 3 heteroatoms. The van der Waals surface area contributed by atoms with Gasteiger partial charge in [0.05, 0.1) is 12.2 Å². The Kier molecular flexibility index (Phi) is 3.12. The summed E-state index contributed by atoms with van der Waals surface area (Å²) in [6, 6.07) is 0. The Bertz CT molecular complexity index is 266. The van der Waals surface area contributed by atoms with E-state index in [4.69, 9.17) is 4.74 Å². The van der Waals surface area contributed by atoms with Gasteiger partial charge in [0, 0.05) is 11.6 Å². The molecule has 13 heavy (non-hydrogen) atoms. The molecule has 0 fully saturated rings. The third-order valence-corrected chi connectivity index (χ3v) is 2.04. The van der Waals surface area contributed by atoms with E-state index >= 15 is 0 Å². The molecule has 3 nitrogen and oxygen atoms in total. The number of carbonyl (C=O) groups excluding carboxylic acids is 1. The fourth-order valence-electron chi connectivity index (χ4n) is 1.38. The normalized spacial score (nSPS) is 21.3. The van der Waals surface area contributed by atoms with Crippen molar-refractivity contribution in [2.24, 2.45) is 5.92 Å². The zero-order chi connectivity index (χ0) is 9.84. The van der Waals surface area contributed by atoms with Crippen LogP contribution < -0.4 is 5.32 Å². The first-order valence-electron chi connectivity index (χ1n) is 4.48. The SMILES string of the molecule is CCOC(=O)C1=C(C)NC=C[C@@H]1C. The predicted octanol–water partition coefficient (Wildman–Crippen LogP) is 1.58. The number of hydrogen-bond acceptors (Lipinski definition) is 3. The van der Waals surface area contributed by atoms with Gasteiger partial charge in [0.2, 0.25) is 0 Å². The van der Waals surface area contributed by atoms with Crippen molar-refractivity contribution in [3.05, 3.63) is 23.5 Å². The Labute approximate surface area is 78.5 Å². The van der Waals surface area contributed by atoms with Crippen LogP contribution in [0.2, 0.25) is 0 Å². The Morgan fingerprint density at radius 2 is 2.38 bits per heavy atom. The molecule has 0 spiro atoms. The molecule has 1 heterocycles. The van der Waals surface area contributed by atoms with Gasteiger partial charge < -0.3 is 10.1 Å². The van der Waals surface area contributed by atoms with Crippen molar-refractivity contribution >= 4 is 5.97 Å². The second-order valence-electron chi connectivity index (χ2n) is 3.05. The quantitative estimate of drug-likeness (QED) is 0.657. The van der Waals surface area contributed by atoms with E-state index in [0.29, 0.717) is 6.61 Å². The highest BCUT2D eigenvalue weighted by molar-refractivity contribution is 5.90. The van der Waals surface area contributed by atoms with Crippen LogP contribution in [-0.2, 0) is 9.53 Å². The van der Waals surface area contributed by atoms with Crippen molar-refractivity contribution in [1.82, 2.24) is 5.32 Å². The summed E-state index contributed by atoms with van der Waals surface area (Å²) < 4.78 is 4.95. The molecule has 0 saturated carbocycles. The zero-order valence-electron chi connectivity index (χ0n) is 8.26. The standard InChI is InChI=1S/C10H15NO2/c1-4-13-10(12)9-7(2)5-6-11-8(9)3/h5-7,11H,4H2,1-3H3/t7-/m0/s1. The van der Waals surface area contributed by atoms with Gasteiger partial charge in [-0.3, -0.25) is 0 Å². The molecule has 0 saturated heterocycles. The molecule has 1 N–H and O–H groups in total. The van der Waals surface area contributed by atoms with Crippen molar-refractivity contribution in [2.75, 3.05) is 6.61 Å². The van der Waals surface area contributed by atoms with E-state index in [0.717, 1.165) is 11.3 Å². The number of hydrogen-bond donors (Lipinski definition) is 1. The van der Waals surface area contributed by atoms with Crippen LogP contribution in [0.5, 0.6) is 0 Å². The van der Waals surface area contributed by atoms with Crippen LogP contribution in [0.15, 0.2) is 23.5 Å². The summed E-state index contributed by atoms with van der Waals surface area (Å²) in [5.74, 6) is -0.0790. The maximum atomic E-state index is 11.5. The van der Waals surface area contributed by atoms with Gasteiger partial charge in [0.25, 0.3) is 0 Å². The summed E-state index contributed by atoms with van der Waals surface area (Å²) in [4.78, 5) is 11.5. The monoisotopic (exact) mass is 181 g/mol. The third kappa shape index (κ3) is 2.11. The van der Waals surface area contributed by atoms with E-state index in [-0.39, 0.29) is 11.9 Å². The van der Waals surface area contributed by atoms with Crippen LogP contribution in [-0.4, -0.2) is 12.6 Å². The third-order valence-electron chi connectivity index (χ3n) is 2.04. The van der Waals surface area contributed by atoms with E-state index in [1.54, 1.807) is 0 Å². The highest BCUT2D eigenvalue weighted by Gasteiger charge is 2.21.